The Labute approximate surface area is 128 Å². The molecule has 1 saturated heterocycles. The number of hydrogen-bond donors (Lipinski definition) is 2. The maximum Gasteiger partial charge on any atom is 0.272 e. The lowest BCUT2D eigenvalue weighted by Crippen LogP contribution is -2.42. The third kappa shape index (κ3) is 3.01. The number of H-pyrrole nitrogens is 2. The number of nitrogens with one attached hydrogen (secondary N) is 2. The second-order valence-corrected chi connectivity index (χ2v) is 5.38. The van der Waals surface area contributed by atoms with E-state index in [1.165, 1.54) is 0 Å². The first-order valence-electron chi connectivity index (χ1n) is 7.51. The second kappa shape index (κ2) is 6.27. The molecule has 0 radical (unpaired) electrons. The Morgan fingerprint density at radius 2 is 2.41 bits per heavy atom. The van der Waals surface area contributed by atoms with E-state index in [9.17, 15) is 4.79 Å². The monoisotopic (exact) mass is 304 g/mol. The van der Waals surface area contributed by atoms with Gasteiger partial charge >= 0.3 is 0 Å². The molecule has 2 aromatic rings. The predicted molar refractivity (Wildman–Crippen MR) is 78.3 cm³/mol. The number of rotatable bonds is 4. The van der Waals surface area contributed by atoms with Gasteiger partial charge in [0, 0.05) is 13.0 Å². The molecule has 2 N–H and O–H groups in total. The average molecular weight is 304 g/mol. The normalized spacial score (nSPS) is 18.6. The first-order valence-corrected chi connectivity index (χ1v) is 7.51. The second-order valence-electron chi connectivity index (χ2n) is 5.38. The summed E-state index contributed by atoms with van der Waals surface area (Å²) < 4.78 is 5.71. The van der Waals surface area contributed by atoms with Gasteiger partial charge in [-0.15, -0.1) is 0 Å². The Balaban J connectivity index is 1.69. The number of amides is 1. The molecule has 0 spiro atoms. The zero-order valence-corrected chi connectivity index (χ0v) is 12.8. The minimum Gasteiger partial charge on any atom is -0.366 e. The fourth-order valence-electron chi connectivity index (χ4n) is 2.49. The number of aromatic amines is 2. The minimum atomic E-state index is -0.288. The molecule has 22 heavy (non-hydrogen) atoms. The van der Waals surface area contributed by atoms with E-state index in [1.54, 1.807) is 11.1 Å². The molecule has 0 aromatic carbocycles. The van der Waals surface area contributed by atoms with Crippen LogP contribution >= 0.6 is 0 Å². The van der Waals surface area contributed by atoms with Crippen LogP contribution in [-0.4, -0.2) is 55.7 Å². The first kappa shape index (κ1) is 14.7. The lowest BCUT2D eigenvalue weighted by Gasteiger charge is -2.31. The van der Waals surface area contributed by atoms with Crippen molar-refractivity contribution in [2.45, 2.75) is 32.8 Å². The van der Waals surface area contributed by atoms with E-state index in [0.29, 0.717) is 31.2 Å². The number of aromatic nitrogens is 5. The summed E-state index contributed by atoms with van der Waals surface area (Å²) >= 11 is 0. The zero-order chi connectivity index (χ0) is 15.5. The van der Waals surface area contributed by atoms with Crippen LogP contribution < -0.4 is 0 Å². The highest BCUT2D eigenvalue weighted by atomic mass is 16.5. The van der Waals surface area contributed by atoms with Crippen LogP contribution in [0.2, 0.25) is 0 Å². The van der Waals surface area contributed by atoms with Gasteiger partial charge in [0.25, 0.3) is 5.91 Å². The summed E-state index contributed by atoms with van der Waals surface area (Å²) in [5.41, 5.74) is 0.500. The van der Waals surface area contributed by atoms with Crippen molar-refractivity contribution in [3.05, 3.63) is 29.4 Å². The third-order valence-corrected chi connectivity index (χ3v) is 3.61. The molecular weight excluding hydrogens is 284 g/mol. The number of ether oxygens (including phenoxy) is 1. The maximum atomic E-state index is 12.4. The van der Waals surface area contributed by atoms with Crippen molar-refractivity contribution in [1.82, 2.24) is 30.0 Å². The van der Waals surface area contributed by atoms with E-state index in [4.69, 9.17) is 4.74 Å². The lowest BCUT2D eigenvalue weighted by molar-refractivity contribution is -0.0268. The summed E-state index contributed by atoms with van der Waals surface area (Å²) in [5, 5.41) is 7.13. The van der Waals surface area contributed by atoms with Crippen molar-refractivity contribution in [1.29, 1.82) is 0 Å². The topological polar surface area (TPSA) is 99.8 Å². The Bertz CT molecular complexity index is 649. The molecule has 3 rings (SSSR count). The Morgan fingerprint density at radius 1 is 1.55 bits per heavy atom. The van der Waals surface area contributed by atoms with Crippen molar-refractivity contribution >= 4 is 5.91 Å². The van der Waals surface area contributed by atoms with Crippen molar-refractivity contribution in [3.63, 3.8) is 0 Å². The molecule has 118 valence electrons. The summed E-state index contributed by atoms with van der Waals surface area (Å²) in [4.78, 5) is 25.7. The summed E-state index contributed by atoms with van der Waals surface area (Å²) in [6.45, 7) is 5.38. The summed E-state index contributed by atoms with van der Waals surface area (Å²) in [7, 11) is 0. The lowest BCUT2D eigenvalue weighted by atomic mass is 10.2. The molecule has 8 nitrogen and oxygen atoms in total. The quantitative estimate of drug-likeness (QED) is 0.878. The van der Waals surface area contributed by atoms with Gasteiger partial charge in [-0.1, -0.05) is 6.92 Å². The number of carbonyl (C=O) groups excluding carboxylic acids is 1. The zero-order valence-electron chi connectivity index (χ0n) is 12.8. The smallest absolute Gasteiger partial charge is 0.272 e. The van der Waals surface area contributed by atoms with Gasteiger partial charge in [0.05, 0.1) is 19.3 Å². The number of aryl methyl sites for hydroxylation is 2. The third-order valence-electron chi connectivity index (χ3n) is 3.61. The van der Waals surface area contributed by atoms with Gasteiger partial charge in [-0.05, 0) is 13.3 Å². The van der Waals surface area contributed by atoms with Crippen LogP contribution in [0.3, 0.4) is 0 Å². The van der Waals surface area contributed by atoms with E-state index in [-0.39, 0.29) is 12.0 Å². The predicted octanol–water partition coefficient (Wildman–Crippen LogP) is 1.00. The highest BCUT2D eigenvalue weighted by Crippen LogP contribution is 2.20. The molecule has 1 aliphatic rings. The molecule has 0 bridgehead atoms. The van der Waals surface area contributed by atoms with Crippen molar-refractivity contribution in [2.75, 3.05) is 19.7 Å². The van der Waals surface area contributed by atoms with Gasteiger partial charge in [0.2, 0.25) is 0 Å². The molecule has 1 atom stereocenters. The molecule has 1 amide bonds. The van der Waals surface area contributed by atoms with Crippen molar-refractivity contribution < 1.29 is 9.53 Å². The van der Waals surface area contributed by atoms with E-state index in [1.807, 2.05) is 6.92 Å². The Hall–Kier alpha value is -2.22. The minimum absolute atomic E-state index is 0.0711. The Kier molecular flexibility index (Phi) is 4.19. The standard InChI is InChI=1S/C14H20N6O2/c1-3-4-12-17-13(19-18-12)11-8-20(5-6-22-11)14(21)10-7-15-9(2)16-10/h7,11H,3-6,8H2,1-2H3,(H,15,16)(H,17,18,19)/t11-/m0/s1. The molecule has 3 heterocycles. The molecule has 2 aromatic heterocycles. The van der Waals surface area contributed by atoms with Gasteiger partial charge in [0.15, 0.2) is 5.82 Å². The molecule has 0 saturated carbocycles. The summed E-state index contributed by atoms with van der Waals surface area (Å²) in [6, 6.07) is 0. The van der Waals surface area contributed by atoms with E-state index in [2.05, 4.69) is 32.1 Å². The number of hydrogen-bond acceptors (Lipinski definition) is 5. The first-order chi connectivity index (χ1) is 10.7. The van der Waals surface area contributed by atoms with E-state index < -0.39 is 0 Å². The van der Waals surface area contributed by atoms with Crippen LogP contribution in [0, 0.1) is 6.92 Å². The largest absolute Gasteiger partial charge is 0.366 e. The molecular formula is C14H20N6O2. The number of imidazole rings is 1. The van der Waals surface area contributed by atoms with Gasteiger partial charge in [-0.25, -0.2) is 9.97 Å². The number of morpholine rings is 1. The van der Waals surface area contributed by atoms with Gasteiger partial charge < -0.3 is 14.6 Å². The average Bonchev–Trinajstić information content (AvgIpc) is 3.16. The highest BCUT2D eigenvalue weighted by Gasteiger charge is 2.29. The molecule has 1 fully saturated rings. The van der Waals surface area contributed by atoms with Gasteiger partial charge in [0.1, 0.15) is 23.4 Å². The highest BCUT2D eigenvalue weighted by molar-refractivity contribution is 5.92. The summed E-state index contributed by atoms with van der Waals surface area (Å²) in [6.07, 6.45) is 3.14. The van der Waals surface area contributed by atoms with Crippen LogP contribution in [0.15, 0.2) is 6.20 Å². The Morgan fingerprint density at radius 3 is 3.14 bits per heavy atom. The SMILES string of the molecule is CCCc1nc([C@@H]2CN(C(=O)c3cnc(C)[nH]3)CCO2)n[nH]1. The van der Waals surface area contributed by atoms with Gasteiger partial charge in [-0.3, -0.25) is 9.89 Å². The van der Waals surface area contributed by atoms with Gasteiger partial charge in [-0.2, -0.15) is 5.10 Å². The fourth-order valence-corrected chi connectivity index (χ4v) is 2.49. The maximum absolute atomic E-state index is 12.4. The molecule has 0 unspecified atom stereocenters. The van der Waals surface area contributed by atoms with Crippen molar-refractivity contribution in [2.24, 2.45) is 0 Å². The van der Waals surface area contributed by atoms with Crippen LogP contribution in [-0.2, 0) is 11.2 Å². The number of carbonyl (C=O) groups is 1. The number of nitrogens with zero attached hydrogens (tertiary/aromatic N) is 4. The van der Waals surface area contributed by atoms with Crippen LogP contribution in [0.4, 0.5) is 0 Å². The van der Waals surface area contributed by atoms with E-state index in [0.717, 1.165) is 24.5 Å². The van der Waals surface area contributed by atoms with Crippen LogP contribution in [0.5, 0.6) is 0 Å². The fraction of sp³-hybridized carbons (Fsp3) is 0.571. The molecule has 8 heteroatoms. The van der Waals surface area contributed by atoms with Crippen LogP contribution in [0.25, 0.3) is 0 Å². The molecule has 1 aliphatic heterocycles. The van der Waals surface area contributed by atoms with E-state index >= 15 is 0 Å². The summed E-state index contributed by atoms with van der Waals surface area (Å²) in [5.74, 6) is 2.13. The van der Waals surface area contributed by atoms with Crippen LogP contribution in [0.1, 0.15) is 47.4 Å². The molecule has 0 aliphatic carbocycles. The van der Waals surface area contributed by atoms with Crippen molar-refractivity contribution in [3.8, 4) is 0 Å².